The van der Waals surface area contributed by atoms with E-state index in [4.69, 9.17) is 28.3 Å². The summed E-state index contributed by atoms with van der Waals surface area (Å²) >= 11 is 11.7. The molecule has 1 unspecified atom stereocenters. The van der Waals surface area contributed by atoms with Crippen LogP contribution < -0.4 is 0 Å². The van der Waals surface area contributed by atoms with Crippen LogP contribution in [0, 0.1) is 5.82 Å². The number of hydrogen-bond donors (Lipinski definition) is 1. The molecule has 0 saturated carbocycles. The molecule has 1 fully saturated rings. The third-order valence-corrected chi connectivity index (χ3v) is 4.04. The van der Waals surface area contributed by atoms with Crippen molar-refractivity contribution in [1.29, 1.82) is 0 Å². The minimum absolute atomic E-state index is 0.111. The molecule has 18 heavy (non-hydrogen) atoms. The molecule has 1 aliphatic heterocycles. The van der Waals surface area contributed by atoms with E-state index in [-0.39, 0.29) is 10.0 Å². The molecule has 1 atom stereocenters. The lowest BCUT2D eigenvalue weighted by Gasteiger charge is -2.21. The van der Waals surface area contributed by atoms with Gasteiger partial charge in [-0.3, -0.25) is 9.69 Å². The Hall–Kier alpha value is -0.840. The molecule has 1 saturated heterocycles. The van der Waals surface area contributed by atoms with Gasteiger partial charge in [0.05, 0.1) is 10.0 Å². The Bertz CT molecular complexity index is 481. The SMILES string of the molecule is O=C(O)C1CCCN1Cc1ccc(F)c(Cl)c1Cl. The van der Waals surface area contributed by atoms with Crippen molar-refractivity contribution in [3.63, 3.8) is 0 Å². The van der Waals surface area contributed by atoms with Crippen LogP contribution in [0.5, 0.6) is 0 Å². The molecule has 0 aliphatic carbocycles. The number of hydrogen-bond acceptors (Lipinski definition) is 2. The van der Waals surface area contributed by atoms with Crippen LogP contribution in [0.3, 0.4) is 0 Å². The number of likely N-dealkylation sites (tertiary alicyclic amines) is 1. The molecule has 0 aromatic heterocycles. The van der Waals surface area contributed by atoms with Crippen molar-refractivity contribution in [2.24, 2.45) is 0 Å². The number of rotatable bonds is 3. The van der Waals surface area contributed by atoms with E-state index >= 15 is 0 Å². The highest BCUT2D eigenvalue weighted by atomic mass is 35.5. The number of halogens is 3. The highest BCUT2D eigenvalue weighted by molar-refractivity contribution is 6.42. The summed E-state index contributed by atoms with van der Waals surface area (Å²) in [6.07, 6.45) is 1.46. The Balaban J connectivity index is 2.19. The Morgan fingerprint density at radius 2 is 2.17 bits per heavy atom. The minimum atomic E-state index is -0.836. The zero-order valence-electron chi connectivity index (χ0n) is 9.50. The zero-order chi connectivity index (χ0) is 13.3. The van der Waals surface area contributed by atoms with Crippen molar-refractivity contribution < 1.29 is 14.3 Å². The van der Waals surface area contributed by atoms with E-state index in [0.29, 0.717) is 25.1 Å². The highest BCUT2D eigenvalue weighted by Gasteiger charge is 2.30. The van der Waals surface area contributed by atoms with Gasteiger partial charge in [-0.25, -0.2) is 4.39 Å². The van der Waals surface area contributed by atoms with Gasteiger partial charge >= 0.3 is 5.97 Å². The molecule has 1 aliphatic rings. The number of aliphatic carboxylic acids is 1. The van der Waals surface area contributed by atoms with Crippen LogP contribution in [0.4, 0.5) is 4.39 Å². The number of carbonyl (C=O) groups is 1. The predicted octanol–water partition coefficient (Wildman–Crippen LogP) is 3.18. The minimum Gasteiger partial charge on any atom is -0.480 e. The summed E-state index contributed by atoms with van der Waals surface area (Å²) in [5, 5.41) is 9.12. The van der Waals surface area contributed by atoms with Gasteiger partial charge in [0.1, 0.15) is 11.9 Å². The van der Waals surface area contributed by atoms with Crippen molar-refractivity contribution in [2.75, 3.05) is 6.54 Å². The molecule has 0 amide bonds. The maximum absolute atomic E-state index is 13.2. The maximum Gasteiger partial charge on any atom is 0.320 e. The van der Waals surface area contributed by atoms with Crippen LogP contribution in [0.25, 0.3) is 0 Å². The fraction of sp³-hybridized carbons (Fsp3) is 0.417. The summed E-state index contributed by atoms with van der Waals surface area (Å²) in [5.41, 5.74) is 0.649. The van der Waals surface area contributed by atoms with Gasteiger partial charge in [0.15, 0.2) is 0 Å². The Morgan fingerprint density at radius 3 is 2.83 bits per heavy atom. The number of carboxylic acid groups (broad SMARTS) is 1. The van der Waals surface area contributed by atoms with Gasteiger partial charge in [-0.15, -0.1) is 0 Å². The molecule has 1 aromatic carbocycles. The van der Waals surface area contributed by atoms with E-state index in [0.717, 1.165) is 6.42 Å². The van der Waals surface area contributed by atoms with Crippen LogP contribution >= 0.6 is 23.2 Å². The summed E-state index contributed by atoms with van der Waals surface area (Å²) < 4.78 is 13.2. The van der Waals surface area contributed by atoms with Gasteiger partial charge in [-0.05, 0) is 31.0 Å². The number of benzene rings is 1. The van der Waals surface area contributed by atoms with Crippen LogP contribution in [0.1, 0.15) is 18.4 Å². The highest BCUT2D eigenvalue weighted by Crippen LogP contribution is 2.31. The first-order valence-electron chi connectivity index (χ1n) is 5.60. The standard InChI is InChI=1S/C12H12Cl2FNO2/c13-10-7(3-4-8(15)11(10)14)6-16-5-1-2-9(16)12(17)18/h3-4,9H,1-2,5-6H2,(H,17,18). The molecule has 2 rings (SSSR count). The topological polar surface area (TPSA) is 40.5 Å². The van der Waals surface area contributed by atoms with Crippen molar-refractivity contribution >= 4 is 29.2 Å². The number of carboxylic acids is 1. The van der Waals surface area contributed by atoms with Gasteiger partial charge in [0.2, 0.25) is 0 Å². The first-order chi connectivity index (χ1) is 8.50. The van der Waals surface area contributed by atoms with E-state index < -0.39 is 17.8 Å². The average Bonchev–Trinajstić information content (AvgIpc) is 2.78. The molecule has 0 bridgehead atoms. The van der Waals surface area contributed by atoms with Crippen LogP contribution in [0.15, 0.2) is 12.1 Å². The fourth-order valence-corrected chi connectivity index (χ4v) is 2.60. The Labute approximate surface area is 114 Å². The Morgan fingerprint density at radius 1 is 1.44 bits per heavy atom. The Kier molecular flexibility index (Phi) is 4.10. The largest absolute Gasteiger partial charge is 0.480 e. The fourth-order valence-electron chi connectivity index (χ4n) is 2.20. The molecular formula is C12H12Cl2FNO2. The smallest absolute Gasteiger partial charge is 0.320 e. The molecule has 0 spiro atoms. The second-order valence-electron chi connectivity index (χ2n) is 4.30. The monoisotopic (exact) mass is 291 g/mol. The maximum atomic E-state index is 13.2. The summed E-state index contributed by atoms with van der Waals surface area (Å²) in [4.78, 5) is 12.9. The summed E-state index contributed by atoms with van der Waals surface area (Å²) in [5.74, 6) is -1.40. The first-order valence-corrected chi connectivity index (χ1v) is 6.35. The third-order valence-electron chi connectivity index (χ3n) is 3.14. The van der Waals surface area contributed by atoms with Gasteiger partial charge in [-0.1, -0.05) is 29.3 Å². The second kappa shape index (κ2) is 5.43. The predicted molar refractivity (Wildman–Crippen MR) is 67.5 cm³/mol. The zero-order valence-corrected chi connectivity index (χ0v) is 11.0. The number of nitrogens with zero attached hydrogens (tertiary/aromatic N) is 1. The van der Waals surface area contributed by atoms with E-state index in [2.05, 4.69) is 0 Å². The van der Waals surface area contributed by atoms with E-state index in [1.54, 1.807) is 6.07 Å². The molecule has 1 heterocycles. The molecule has 98 valence electrons. The van der Waals surface area contributed by atoms with Gasteiger partial charge in [0.25, 0.3) is 0 Å². The summed E-state index contributed by atoms with van der Waals surface area (Å²) in [6, 6.07) is 2.29. The molecule has 6 heteroatoms. The van der Waals surface area contributed by atoms with Crippen molar-refractivity contribution in [3.8, 4) is 0 Å². The lowest BCUT2D eigenvalue weighted by molar-refractivity contribution is -0.142. The second-order valence-corrected chi connectivity index (χ2v) is 5.06. The van der Waals surface area contributed by atoms with Crippen LogP contribution in [-0.4, -0.2) is 28.6 Å². The van der Waals surface area contributed by atoms with E-state index in [1.807, 2.05) is 4.90 Å². The average molecular weight is 292 g/mol. The molecule has 0 radical (unpaired) electrons. The normalized spacial score (nSPS) is 20.3. The van der Waals surface area contributed by atoms with E-state index in [9.17, 15) is 9.18 Å². The first kappa shape index (κ1) is 13.6. The molecule has 1 aromatic rings. The quantitative estimate of drug-likeness (QED) is 0.870. The van der Waals surface area contributed by atoms with Gasteiger partial charge in [0, 0.05) is 6.54 Å². The van der Waals surface area contributed by atoms with Crippen LogP contribution in [-0.2, 0) is 11.3 Å². The van der Waals surface area contributed by atoms with Crippen molar-refractivity contribution in [3.05, 3.63) is 33.6 Å². The van der Waals surface area contributed by atoms with Crippen molar-refractivity contribution in [1.82, 2.24) is 4.90 Å². The molecule has 1 N–H and O–H groups in total. The third kappa shape index (κ3) is 2.60. The van der Waals surface area contributed by atoms with Gasteiger partial charge < -0.3 is 5.11 Å². The van der Waals surface area contributed by atoms with Gasteiger partial charge in [-0.2, -0.15) is 0 Å². The lowest BCUT2D eigenvalue weighted by atomic mass is 10.2. The van der Waals surface area contributed by atoms with Crippen LogP contribution in [0.2, 0.25) is 10.0 Å². The summed E-state index contributed by atoms with van der Waals surface area (Å²) in [6.45, 7) is 1.07. The lowest BCUT2D eigenvalue weighted by Crippen LogP contribution is -2.35. The van der Waals surface area contributed by atoms with Crippen molar-refractivity contribution in [2.45, 2.75) is 25.4 Å². The van der Waals surface area contributed by atoms with E-state index in [1.165, 1.54) is 6.07 Å². The molecule has 3 nitrogen and oxygen atoms in total. The molecular weight excluding hydrogens is 280 g/mol. The summed E-state index contributed by atoms with van der Waals surface area (Å²) in [7, 11) is 0.